The van der Waals surface area contributed by atoms with Gasteiger partial charge in [-0.3, -0.25) is 0 Å². The van der Waals surface area contributed by atoms with Crippen LogP contribution >= 0.6 is 0 Å². The van der Waals surface area contributed by atoms with Gasteiger partial charge in [-0.15, -0.1) is 0 Å². The first kappa shape index (κ1) is 21.2. The monoisotopic (exact) mass is 457 g/mol. The van der Waals surface area contributed by atoms with Crippen molar-refractivity contribution < 1.29 is 12.8 Å². The molecular formula is C23H28FN5O2S. The van der Waals surface area contributed by atoms with E-state index in [4.69, 9.17) is 4.98 Å². The standard InChI is InChI=1S/C23H28FN5O2S/c1-25-17-14-19(15-17)29-8-7-16-13-21(24)23(26-22(16)29)28-11-9-27(10-12-28)18-3-5-20(6-4-18)32(2,30)31/h3-8,13,17,19,25H,9-12,14-15H2,1-2H3. The molecule has 1 saturated carbocycles. The Bertz CT molecular complexity index is 1230. The second-order valence-corrected chi connectivity index (χ2v) is 10.8. The van der Waals surface area contributed by atoms with Gasteiger partial charge in [0, 0.05) is 61.8 Å². The summed E-state index contributed by atoms with van der Waals surface area (Å²) in [5.74, 6) is 0.122. The molecule has 2 fully saturated rings. The van der Waals surface area contributed by atoms with Crippen LogP contribution in [0.4, 0.5) is 15.9 Å². The number of rotatable bonds is 5. The van der Waals surface area contributed by atoms with E-state index < -0.39 is 9.84 Å². The molecule has 9 heteroatoms. The molecule has 5 rings (SSSR count). The fourth-order valence-corrected chi connectivity index (χ4v) is 5.32. The highest BCUT2D eigenvalue weighted by Crippen LogP contribution is 2.35. The predicted molar refractivity (Wildman–Crippen MR) is 125 cm³/mol. The van der Waals surface area contributed by atoms with Crippen molar-refractivity contribution in [3.63, 3.8) is 0 Å². The van der Waals surface area contributed by atoms with Crippen LogP contribution in [-0.2, 0) is 9.84 Å². The third-order valence-corrected chi connectivity index (χ3v) is 7.88. The van der Waals surface area contributed by atoms with Crippen LogP contribution in [0.25, 0.3) is 11.0 Å². The number of nitrogens with one attached hydrogen (secondary N) is 1. The maximum Gasteiger partial charge on any atom is 0.175 e. The summed E-state index contributed by atoms with van der Waals surface area (Å²) in [5, 5.41) is 4.14. The second kappa shape index (κ2) is 8.04. The van der Waals surface area contributed by atoms with E-state index in [1.165, 1.54) is 6.26 Å². The number of piperazine rings is 1. The zero-order chi connectivity index (χ0) is 22.5. The largest absolute Gasteiger partial charge is 0.368 e. The van der Waals surface area contributed by atoms with E-state index >= 15 is 0 Å². The minimum absolute atomic E-state index is 0.289. The van der Waals surface area contributed by atoms with Crippen LogP contribution in [0.5, 0.6) is 0 Å². The Morgan fingerprint density at radius 1 is 1.03 bits per heavy atom. The highest BCUT2D eigenvalue weighted by molar-refractivity contribution is 7.90. The lowest BCUT2D eigenvalue weighted by Crippen LogP contribution is -2.47. The number of hydrogen-bond acceptors (Lipinski definition) is 6. The van der Waals surface area contributed by atoms with E-state index in [2.05, 4.69) is 14.8 Å². The van der Waals surface area contributed by atoms with Crippen molar-refractivity contribution in [1.29, 1.82) is 0 Å². The Balaban J connectivity index is 1.32. The average molecular weight is 458 g/mol. The highest BCUT2D eigenvalue weighted by atomic mass is 32.2. The Hall–Kier alpha value is -2.65. The number of hydrogen-bond donors (Lipinski definition) is 1. The number of sulfone groups is 1. The fourth-order valence-electron chi connectivity index (χ4n) is 4.69. The normalized spacial score (nSPS) is 21.7. The molecule has 0 unspecified atom stereocenters. The molecule has 3 heterocycles. The zero-order valence-electron chi connectivity index (χ0n) is 18.3. The van der Waals surface area contributed by atoms with Crippen LogP contribution in [0.15, 0.2) is 47.5 Å². The summed E-state index contributed by atoms with van der Waals surface area (Å²) in [7, 11) is -1.22. The molecule has 1 N–H and O–H groups in total. The maximum absolute atomic E-state index is 14.9. The van der Waals surface area contributed by atoms with Crippen LogP contribution in [0.1, 0.15) is 18.9 Å². The topological polar surface area (TPSA) is 70.5 Å². The second-order valence-electron chi connectivity index (χ2n) is 8.78. The number of benzene rings is 1. The van der Waals surface area contributed by atoms with Gasteiger partial charge in [0.15, 0.2) is 21.5 Å². The van der Waals surface area contributed by atoms with Crippen molar-refractivity contribution in [3.05, 3.63) is 48.4 Å². The molecule has 170 valence electrons. The van der Waals surface area contributed by atoms with Gasteiger partial charge in [-0.25, -0.2) is 17.8 Å². The molecule has 1 saturated heterocycles. The van der Waals surface area contributed by atoms with Gasteiger partial charge in [0.2, 0.25) is 0 Å². The number of anilines is 2. The smallest absolute Gasteiger partial charge is 0.175 e. The first-order valence-corrected chi connectivity index (χ1v) is 12.9. The number of nitrogens with zero attached hydrogens (tertiary/aromatic N) is 4. The van der Waals surface area contributed by atoms with Crippen LogP contribution in [0, 0.1) is 5.82 Å². The lowest BCUT2D eigenvalue weighted by molar-refractivity contribution is 0.240. The summed E-state index contributed by atoms with van der Waals surface area (Å²) in [4.78, 5) is 9.26. The number of aromatic nitrogens is 2. The molecule has 0 bridgehead atoms. The molecule has 0 spiro atoms. The van der Waals surface area contributed by atoms with Gasteiger partial charge in [0.1, 0.15) is 5.65 Å². The Morgan fingerprint density at radius 2 is 1.69 bits per heavy atom. The lowest BCUT2D eigenvalue weighted by atomic mass is 9.87. The molecule has 0 amide bonds. The number of pyridine rings is 1. The first-order valence-electron chi connectivity index (χ1n) is 11.0. The van der Waals surface area contributed by atoms with Crippen LogP contribution in [-0.4, -0.2) is 63.5 Å². The van der Waals surface area contributed by atoms with E-state index in [0.29, 0.717) is 49.0 Å². The number of fused-ring (bicyclic) bond motifs is 1. The first-order chi connectivity index (χ1) is 15.3. The maximum atomic E-state index is 14.9. The van der Waals surface area contributed by atoms with Gasteiger partial charge >= 0.3 is 0 Å². The van der Waals surface area contributed by atoms with E-state index in [9.17, 15) is 12.8 Å². The molecule has 2 aromatic heterocycles. The van der Waals surface area contributed by atoms with Crippen molar-refractivity contribution in [1.82, 2.24) is 14.9 Å². The van der Waals surface area contributed by atoms with Crippen molar-refractivity contribution in [2.24, 2.45) is 0 Å². The quantitative estimate of drug-likeness (QED) is 0.635. The van der Waals surface area contributed by atoms with Gasteiger partial charge < -0.3 is 19.7 Å². The summed E-state index contributed by atoms with van der Waals surface area (Å²) in [6.45, 7) is 2.72. The summed E-state index contributed by atoms with van der Waals surface area (Å²) in [6.07, 6.45) is 5.35. The molecule has 0 radical (unpaired) electrons. The molecule has 1 aliphatic heterocycles. The SMILES string of the molecule is CNC1CC(n2ccc3cc(F)c(N4CCN(c5ccc(S(C)(=O)=O)cc5)CC4)nc32)C1. The van der Waals surface area contributed by atoms with Crippen molar-refractivity contribution in [2.75, 3.05) is 49.3 Å². The van der Waals surface area contributed by atoms with Crippen molar-refractivity contribution in [3.8, 4) is 0 Å². The van der Waals surface area contributed by atoms with Crippen LogP contribution in [0.3, 0.4) is 0 Å². The van der Waals surface area contributed by atoms with Gasteiger partial charge in [0.25, 0.3) is 0 Å². The third kappa shape index (κ3) is 3.84. The molecule has 3 aromatic rings. The fraction of sp³-hybridized carbons (Fsp3) is 0.435. The molecule has 0 atom stereocenters. The zero-order valence-corrected chi connectivity index (χ0v) is 19.1. The predicted octanol–water partition coefficient (Wildman–Crippen LogP) is 2.83. The molecule has 7 nitrogen and oxygen atoms in total. The van der Waals surface area contributed by atoms with Gasteiger partial charge in [-0.2, -0.15) is 0 Å². The Morgan fingerprint density at radius 3 is 2.31 bits per heavy atom. The minimum Gasteiger partial charge on any atom is -0.368 e. The van der Waals surface area contributed by atoms with E-state index in [0.717, 1.165) is 29.6 Å². The summed E-state index contributed by atoms with van der Waals surface area (Å²) in [6, 6.07) is 11.4. The van der Waals surface area contributed by atoms with Gasteiger partial charge in [-0.1, -0.05) is 0 Å². The molecular weight excluding hydrogens is 429 g/mol. The highest BCUT2D eigenvalue weighted by Gasteiger charge is 2.30. The van der Waals surface area contributed by atoms with Crippen LogP contribution in [0.2, 0.25) is 0 Å². The van der Waals surface area contributed by atoms with Gasteiger partial charge in [0.05, 0.1) is 4.90 Å². The summed E-state index contributed by atoms with van der Waals surface area (Å²) >= 11 is 0. The van der Waals surface area contributed by atoms with E-state index in [1.54, 1.807) is 18.2 Å². The van der Waals surface area contributed by atoms with Crippen LogP contribution < -0.4 is 15.1 Å². The molecule has 1 aromatic carbocycles. The number of halogens is 1. The van der Waals surface area contributed by atoms with Gasteiger partial charge in [-0.05, 0) is 56.3 Å². The average Bonchev–Trinajstić information content (AvgIpc) is 3.14. The molecule has 1 aliphatic carbocycles. The van der Waals surface area contributed by atoms with Crippen molar-refractivity contribution in [2.45, 2.75) is 29.8 Å². The summed E-state index contributed by atoms with van der Waals surface area (Å²) < 4.78 is 40.5. The third-order valence-electron chi connectivity index (χ3n) is 6.75. The van der Waals surface area contributed by atoms with Crippen molar-refractivity contribution >= 4 is 32.4 Å². The molecule has 2 aliphatic rings. The Labute approximate surface area is 187 Å². The van der Waals surface area contributed by atoms with E-state index in [1.807, 2.05) is 36.3 Å². The summed E-state index contributed by atoms with van der Waals surface area (Å²) in [5.41, 5.74) is 1.82. The van der Waals surface area contributed by atoms with E-state index in [-0.39, 0.29) is 5.82 Å². The molecule has 32 heavy (non-hydrogen) atoms. The Kier molecular flexibility index (Phi) is 5.33. The minimum atomic E-state index is -3.21. The lowest BCUT2D eigenvalue weighted by Gasteiger charge is -2.37.